The zero-order chi connectivity index (χ0) is 15.9. The number of esters is 1. The molecule has 0 aromatic heterocycles. The van der Waals surface area contributed by atoms with E-state index >= 15 is 0 Å². The van der Waals surface area contributed by atoms with E-state index in [1.54, 1.807) is 0 Å². The van der Waals surface area contributed by atoms with Crippen LogP contribution in [0.15, 0.2) is 0 Å². The molecule has 1 atom stereocenters. The van der Waals surface area contributed by atoms with Gasteiger partial charge in [0.15, 0.2) is 0 Å². The van der Waals surface area contributed by atoms with Crippen LogP contribution in [0.3, 0.4) is 0 Å². The molecule has 0 saturated heterocycles. The zero-order valence-electron chi connectivity index (χ0n) is 13.6. The third kappa shape index (κ3) is 12.7. The summed E-state index contributed by atoms with van der Waals surface area (Å²) in [6, 6.07) is -0.568. The molecule has 0 aliphatic carbocycles. The Bertz CT molecular complexity index is 248. The van der Waals surface area contributed by atoms with Crippen LogP contribution in [0.1, 0.15) is 33.6 Å². The molecule has 6 heteroatoms. The summed E-state index contributed by atoms with van der Waals surface area (Å²) in [4.78, 5) is 11.4. The van der Waals surface area contributed by atoms with Gasteiger partial charge in [-0.2, -0.15) is 0 Å². The van der Waals surface area contributed by atoms with E-state index in [-0.39, 0.29) is 18.5 Å². The van der Waals surface area contributed by atoms with E-state index in [1.165, 1.54) is 0 Å². The second kappa shape index (κ2) is 14.3. The smallest absolute Gasteiger partial charge is 0.323 e. The molecule has 0 unspecified atom stereocenters. The Kier molecular flexibility index (Phi) is 13.8. The van der Waals surface area contributed by atoms with Crippen LogP contribution in [-0.2, 0) is 23.7 Å². The summed E-state index contributed by atoms with van der Waals surface area (Å²) >= 11 is 0. The summed E-state index contributed by atoms with van der Waals surface area (Å²) in [6.45, 7) is 9.43. The zero-order valence-corrected chi connectivity index (χ0v) is 13.6. The molecule has 0 aromatic carbocycles. The number of unbranched alkanes of at least 4 members (excludes halogenated alkanes) is 1. The molecule has 0 heterocycles. The molecule has 0 radical (unpaired) electrons. The van der Waals surface area contributed by atoms with Crippen molar-refractivity contribution < 1.29 is 23.7 Å². The highest BCUT2D eigenvalue weighted by Gasteiger charge is 2.18. The van der Waals surface area contributed by atoms with Gasteiger partial charge in [-0.05, 0) is 12.3 Å². The molecule has 0 aliphatic rings. The standard InChI is InChI=1S/C15H31NO5/c1-4-5-6-18-7-8-19-9-10-20-11-12-21-15(17)14(16)13(2)3/h13-14H,4-12,16H2,1-3H3/t14-/m0/s1. The van der Waals surface area contributed by atoms with Crippen molar-refractivity contribution >= 4 is 5.97 Å². The third-order valence-corrected chi connectivity index (χ3v) is 2.85. The number of rotatable bonds is 14. The highest BCUT2D eigenvalue weighted by molar-refractivity contribution is 5.75. The molecule has 2 N–H and O–H groups in total. The van der Waals surface area contributed by atoms with Crippen LogP contribution in [0.2, 0.25) is 0 Å². The minimum atomic E-state index is -0.568. The van der Waals surface area contributed by atoms with Gasteiger partial charge in [-0.1, -0.05) is 27.2 Å². The van der Waals surface area contributed by atoms with Crippen molar-refractivity contribution in [2.24, 2.45) is 11.7 Å². The fourth-order valence-corrected chi connectivity index (χ4v) is 1.36. The quantitative estimate of drug-likeness (QED) is 0.385. The molecule has 0 aromatic rings. The second-order valence-corrected chi connectivity index (χ2v) is 5.13. The van der Waals surface area contributed by atoms with Crippen LogP contribution < -0.4 is 5.73 Å². The van der Waals surface area contributed by atoms with E-state index < -0.39 is 6.04 Å². The van der Waals surface area contributed by atoms with Gasteiger partial charge in [0, 0.05) is 6.61 Å². The lowest BCUT2D eigenvalue weighted by atomic mass is 10.1. The van der Waals surface area contributed by atoms with Crippen molar-refractivity contribution in [1.82, 2.24) is 0 Å². The SMILES string of the molecule is CCCCOCCOCCOCCOC(=O)[C@@H](N)C(C)C. The van der Waals surface area contributed by atoms with Crippen molar-refractivity contribution in [2.45, 2.75) is 39.7 Å². The van der Waals surface area contributed by atoms with E-state index in [0.717, 1.165) is 19.4 Å². The first-order valence-electron chi connectivity index (χ1n) is 7.75. The highest BCUT2D eigenvalue weighted by atomic mass is 16.6. The number of nitrogens with two attached hydrogens (primary N) is 1. The van der Waals surface area contributed by atoms with E-state index in [9.17, 15) is 4.79 Å². The average molecular weight is 305 g/mol. The number of hydrogen-bond donors (Lipinski definition) is 1. The monoisotopic (exact) mass is 305 g/mol. The maximum atomic E-state index is 11.4. The Balaban J connectivity index is 3.21. The first-order valence-corrected chi connectivity index (χ1v) is 7.75. The Labute approximate surface area is 128 Å². The van der Waals surface area contributed by atoms with E-state index in [0.29, 0.717) is 33.0 Å². The molecule has 126 valence electrons. The lowest BCUT2D eigenvalue weighted by molar-refractivity contribution is -0.148. The predicted molar refractivity (Wildman–Crippen MR) is 81.1 cm³/mol. The molecule has 0 bridgehead atoms. The van der Waals surface area contributed by atoms with Gasteiger partial charge in [-0.25, -0.2) is 0 Å². The minimum absolute atomic E-state index is 0.0753. The maximum Gasteiger partial charge on any atom is 0.323 e. The number of ether oxygens (including phenoxy) is 4. The highest BCUT2D eigenvalue weighted by Crippen LogP contribution is 2.00. The van der Waals surface area contributed by atoms with Crippen LogP contribution in [0.5, 0.6) is 0 Å². The summed E-state index contributed by atoms with van der Waals surface area (Å²) in [5.41, 5.74) is 5.65. The van der Waals surface area contributed by atoms with Gasteiger partial charge in [-0.3, -0.25) is 4.79 Å². The Morgan fingerprint density at radius 3 is 1.86 bits per heavy atom. The van der Waals surface area contributed by atoms with Crippen molar-refractivity contribution in [3.8, 4) is 0 Å². The Morgan fingerprint density at radius 1 is 0.905 bits per heavy atom. The number of carbonyl (C=O) groups excluding carboxylic acids is 1. The molecule has 0 saturated carbocycles. The Morgan fingerprint density at radius 2 is 1.38 bits per heavy atom. The fourth-order valence-electron chi connectivity index (χ4n) is 1.36. The molecule has 0 rings (SSSR count). The van der Waals surface area contributed by atoms with Crippen LogP contribution >= 0.6 is 0 Å². The summed E-state index contributed by atoms with van der Waals surface area (Å²) in [6.07, 6.45) is 2.23. The first-order chi connectivity index (χ1) is 10.1. The van der Waals surface area contributed by atoms with Gasteiger partial charge in [0.1, 0.15) is 12.6 Å². The van der Waals surface area contributed by atoms with Gasteiger partial charge in [-0.15, -0.1) is 0 Å². The van der Waals surface area contributed by atoms with Gasteiger partial charge in [0.05, 0.1) is 33.0 Å². The normalized spacial score (nSPS) is 12.6. The number of hydrogen-bond acceptors (Lipinski definition) is 6. The third-order valence-electron chi connectivity index (χ3n) is 2.85. The lowest BCUT2D eigenvalue weighted by Gasteiger charge is -2.14. The summed E-state index contributed by atoms with van der Waals surface area (Å²) in [5, 5.41) is 0. The molecule has 0 spiro atoms. The van der Waals surface area contributed by atoms with Crippen LogP contribution in [0.4, 0.5) is 0 Å². The average Bonchev–Trinajstić information content (AvgIpc) is 2.47. The largest absolute Gasteiger partial charge is 0.462 e. The summed E-state index contributed by atoms with van der Waals surface area (Å²) in [7, 11) is 0. The molecule has 0 fully saturated rings. The summed E-state index contributed by atoms with van der Waals surface area (Å²) in [5.74, 6) is -0.305. The van der Waals surface area contributed by atoms with E-state index in [1.807, 2.05) is 13.8 Å². The van der Waals surface area contributed by atoms with Crippen molar-refractivity contribution in [1.29, 1.82) is 0 Å². The van der Waals surface area contributed by atoms with Gasteiger partial charge in [0.25, 0.3) is 0 Å². The molecule has 0 amide bonds. The first kappa shape index (κ1) is 20.3. The van der Waals surface area contributed by atoms with Crippen molar-refractivity contribution in [3.63, 3.8) is 0 Å². The second-order valence-electron chi connectivity index (χ2n) is 5.13. The van der Waals surface area contributed by atoms with E-state index in [4.69, 9.17) is 24.7 Å². The van der Waals surface area contributed by atoms with Crippen LogP contribution in [0.25, 0.3) is 0 Å². The van der Waals surface area contributed by atoms with Gasteiger partial charge in [0.2, 0.25) is 0 Å². The number of carbonyl (C=O) groups is 1. The molecular formula is C15H31NO5. The predicted octanol–water partition coefficient (Wildman–Crippen LogP) is 1.36. The molecule has 21 heavy (non-hydrogen) atoms. The van der Waals surface area contributed by atoms with Crippen molar-refractivity contribution in [3.05, 3.63) is 0 Å². The maximum absolute atomic E-state index is 11.4. The fraction of sp³-hybridized carbons (Fsp3) is 0.933. The van der Waals surface area contributed by atoms with Crippen LogP contribution in [-0.4, -0.2) is 58.3 Å². The molecule has 0 aliphatic heterocycles. The Hall–Kier alpha value is -0.690. The molecule has 6 nitrogen and oxygen atoms in total. The summed E-state index contributed by atoms with van der Waals surface area (Å²) < 4.78 is 21.0. The van der Waals surface area contributed by atoms with Crippen LogP contribution in [0, 0.1) is 5.92 Å². The van der Waals surface area contributed by atoms with Crippen molar-refractivity contribution in [2.75, 3.05) is 46.2 Å². The van der Waals surface area contributed by atoms with Gasteiger partial charge < -0.3 is 24.7 Å². The lowest BCUT2D eigenvalue weighted by Crippen LogP contribution is -2.37. The topological polar surface area (TPSA) is 80.0 Å². The minimum Gasteiger partial charge on any atom is -0.462 e. The van der Waals surface area contributed by atoms with E-state index in [2.05, 4.69) is 6.92 Å². The van der Waals surface area contributed by atoms with Gasteiger partial charge >= 0.3 is 5.97 Å². The molecular weight excluding hydrogens is 274 g/mol.